The van der Waals surface area contributed by atoms with E-state index in [0.717, 1.165) is 24.0 Å². The van der Waals surface area contributed by atoms with E-state index in [1.54, 1.807) is 0 Å². The molecule has 0 aliphatic rings. The summed E-state index contributed by atoms with van der Waals surface area (Å²) in [5.74, 6) is -4.20. The molecule has 0 aliphatic heterocycles. The Morgan fingerprint density at radius 3 is 2.32 bits per heavy atom. The van der Waals surface area contributed by atoms with Crippen molar-refractivity contribution in [2.45, 2.75) is 19.1 Å². The fourth-order valence-electron chi connectivity index (χ4n) is 2.19. The van der Waals surface area contributed by atoms with Gasteiger partial charge in [-0.05, 0) is 6.92 Å². The van der Waals surface area contributed by atoms with Crippen molar-refractivity contribution in [3.8, 4) is 11.1 Å². The Bertz CT molecular complexity index is 912. The molecule has 1 aromatic carbocycles. The van der Waals surface area contributed by atoms with Crippen LogP contribution < -0.4 is 5.32 Å². The van der Waals surface area contributed by atoms with Crippen LogP contribution in [0.2, 0.25) is 0 Å². The quantitative estimate of drug-likeness (QED) is 0.725. The van der Waals surface area contributed by atoms with Crippen molar-refractivity contribution in [1.82, 2.24) is 19.6 Å². The molecule has 0 amide bonds. The van der Waals surface area contributed by atoms with Gasteiger partial charge in [0.05, 0.1) is 5.56 Å². The molecule has 11 heteroatoms. The van der Waals surface area contributed by atoms with Crippen LogP contribution in [0.25, 0.3) is 16.9 Å². The molecule has 1 N–H and O–H groups in total. The number of nitrogens with zero attached hydrogens (tertiary/aromatic N) is 4. The van der Waals surface area contributed by atoms with Gasteiger partial charge in [-0.3, -0.25) is 0 Å². The molecule has 1 atom stereocenters. The summed E-state index contributed by atoms with van der Waals surface area (Å²) in [5, 5.41) is 5.83. The molecule has 3 aromatic rings. The van der Waals surface area contributed by atoms with Crippen LogP contribution in [-0.4, -0.2) is 31.8 Å². The highest BCUT2D eigenvalue weighted by Gasteiger charge is 2.37. The first kappa shape index (κ1) is 17.0. The van der Waals surface area contributed by atoms with E-state index >= 15 is 0 Å². The number of alkyl halides is 3. The van der Waals surface area contributed by atoms with E-state index in [2.05, 4.69) is 20.4 Å². The molecule has 132 valence electrons. The molecule has 2 heterocycles. The first-order valence-electron chi connectivity index (χ1n) is 6.85. The minimum absolute atomic E-state index is 0.0800. The summed E-state index contributed by atoms with van der Waals surface area (Å²) in [6, 6.07) is -1.23. The summed E-state index contributed by atoms with van der Waals surface area (Å²) in [6.07, 6.45) is -2.67. The van der Waals surface area contributed by atoms with Crippen molar-refractivity contribution < 1.29 is 26.3 Å². The summed E-state index contributed by atoms with van der Waals surface area (Å²) < 4.78 is 80.8. The number of rotatable bonds is 3. The lowest BCUT2D eigenvalue weighted by atomic mass is 10.1. The fourth-order valence-corrected chi connectivity index (χ4v) is 2.19. The number of hydrogen-bond donors (Lipinski definition) is 1. The monoisotopic (exact) mass is 361 g/mol. The molecule has 3 rings (SSSR count). The highest BCUT2D eigenvalue weighted by molar-refractivity contribution is 5.77. The zero-order chi connectivity index (χ0) is 18.4. The van der Waals surface area contributed by atoms with Gasteiger partial charge in [-0.2, -0.15) is 27.8 Å². The van der Waals surface area contributed by atoms with Crippen LogP contribution in [0.4, 0.5) is 32.2 Å². The molecule has 1 unspecified atom stereocenters. The van der Waals surface area contributed by atoms with Gasteiger partial charge in [-0.1, -0.05) is 0 Å². The van der Waals surface area contributed by atoms with E-state index in [1.165, 1.54) is 0 Å². The molecular formula is C14H9F6N5. The third kappa shape index (κ3) is 3.08. The summed E-state index contributed by atoms with van der Waals surface area (Å²) in [4.78, 5) is 7.51. The predicted molar refractivity (Wildman–Crippen MR) is 75.2 cm³/mol. The Hall–Kier alpha value is -2.85. The molecular weight excluding hydrogens is 352 g/mol. The van der Waals surface area contributed by atoms with E-state index in [0.29, 0.717) is 12.1 Å². The average molecular weight is 361 g/mol. The second-order valence-corrected chi connectivity index (χ2v) is 5.14. The van der Waals surface area contributed by atoms with Crippen molar-refractivity contribution >= 4 is 11.6 Å². The van der Waals surface area contributed by atoms with Gasteiger partial charge in [0.2, 0.25) is 0 Å². The molecule has 0 fully saturated rings. The Morgan fingerprint density at radius 1 is 1.08 bits per heavy atom. The van der Waals surface area contributed by atoms with Gasteiger partial charge in [-0.25, -0.2) is 18.2 Å². The lowest BCUT2D eigenvalue weighted by Gasteiger charge is -2.21. The maximum absolute atomic E-state index is 14.1. The Labute approximate surface area is 136 Å². The first-order valence-corrected chi connectivity index (χ1v) is 6.85. The number of benzene rings is 1. The number of hydrogen-bond acceptors (Lipinski definition) is 4. The number of nitrogens with one attached hydrogen (secondary N) is 1. The van der Waals surface area contributed by atoms with Gasteiger partial charge in [0.1, 0.15) is 35.6 Å². The van der Waals surface area contributed by atoms with Crippen LogP contribution in [0.5, 0.6) is 0 Å². The Balaban J connectivity index is 2.24. The second-order valence-electron chi connectivity index (χ2n) is 5.14. The SMILES string of the molecule is CC(Nc1c(-c2c(F)cc(F)cc2F)cnc2ncnn12)C(F)(F)F. The average Bonchev–Trinajstić information content (AvgIpc) is 2.95. The van der Waals surface area contributed by atoms with Gasteiger partial charge in [0.25, 0.3) is 5.78 Å². The van der Waals surface area contributed by atoms with E-state index in [1.807, 2.05) is 0 Å². The minimum atomic E-state index is -4.63. The molecule has 0 saturated heterocycles. The van der Waals surface area contributed by atoms with E-state index in [-0.39, 0.29) is 17.2 Å². The van der Waals surface area contributed by atoms with Crippen molar-refractivity contribution in [2.75, 3.05) is 5.32 Å². The lowest BCUT2D eigenvalue weighted by Crippen LogP contribution is -2.34. The van der Waals surface area contributed by atoms with Gasteiger partial charge in [0.15, 0.2) is 0 Å². The molecule has 0 aliphatic carbocycles. The highest BCUT2D eigenvalue weighted by atomic mass is 19.4. The molecule has 2 aromatic heterocycles. The third-order valence-corrected chi connectivity index (χ3v) is 3.43. The third-order valence-electron chi connectivity index (χ3n) is 3.43. The summed E-state index contributed by atoms with van der Waals surface area (Å²) >= 11 is 0. The van der Waals surface area contributed by atoms with E-state index in [9.17, 15) is 26.3 Å². The maximum atomic E-state index is 14.1. The largest absolute Gasteiger partial charge is 0.408 e. The molecule has 0 spiro atoms. The van der Waals surface area contributed by atoms with E-state index in [4.69, 9.17) is 0 Å². The van der Waals surface area contributed by atoms with Crippen LogP contribution in [0, 0.1) is 17.5 Å². The minimum Gasteiger partial charge on any atom is -0.358 e. The van der Waals surface area contributed by atoms with Crippen LogP contribution >= 0.6 is 0 Å². The number of halogens is 6. The van der Waals surface area contributed by atoms with Crippen LogP contribution in [-0.2, 0) is 0 Å². The van der Waals surface area contributed by atoms with Crippen LogP contribution in [0.15, 0.2) is 24.7 Å². The van der Waals surface area contributed by atoms with Gasteiger partial charge < -0.3 is 5.32 Å². The smallest absolute Gasteiger partial charge is 0.358 e. The predicted octanol–water partition coefficient (Wildman–Crippen LogP) is 3.57. The zero-order valence-electron chi connectivity index (χ0n) is 12.4. The van der Waals surface area contributed by atoms with Crippen molar-refractivity contribution in [2.24, 2.45) is 0 Å². The van der Waals surface area contributed by atoms with Gasteiger partial charge in [-0.15, -0.1) is 0 Å². The van der Waals surface area contributed by atoms with Crippen molar-refractivity contribution in [3.05, 3.63) is 42.1 Å². The molecule has 0 saturated carbocycles. The number of aromatic nitrogens is 4. The van der Waals surface area contributed by atoms with Crippen LogP contribution in [0.3, 0.4) is 0 Å². The summed E-state index contributed by atoms with van der Waals surface area (Å²) in [5.41, 5.74) is -1.09. The standard InChI is InChI=1S/C14H9F6N5/c1-6(14(18,19)20)24-12-8(4-21-13-22-5-23-25(12)13)11-9(16)2-7(15)3-10(11)17/h2-6,24H,1H3. The highest BCUT2D eigenvalue weighted by Crippen LogP contribution is 2.34. The summed E-state index contributed by atoms with van der Waals surface area (Å²) in [6.45, 7) is 0.824. The lowest BCUT2D eigenvalue weighted by molar-refractivity contribution is -0.138. The van der Waals surface area contributed by atoms with Gasteiger partial charge in [0, 0.05) is 23.9 Å². The van der Waals surface area contributed by atoms with Gasteiger partial charge >= 0.3 is 6.18 Å². The number of anilines is 1. The second kappa shape index (κ2) is 5.90. The molecule has 25 heavy (non-hydrogen) atoms. The maximum Gasteiger partial charge on any atom is 0.408 e. The Morgan fingerprint density at radius 2 is 1.72 bits per heavy atom. The fraction of sp³-hybridized carbons (Fsp3) is 0.214. The van der Waals surface area contributed by atoms with Crippen molar-refractivity contribution in [3.63, 3.8) is 0 Å². The zero-order valence-corrected chi connectivity index (χ0v) is 12.4. The number of fused-ring (bicyclic) bond motifs is 1. The molecule has 0 bridgehead atoms. The first-order chi connectivity index (χ1) is 11.7. The normalized spacial score (nSPS) is 13.2. The van der Waals surface area contributed by atoms with E-state index < -0.39 is 35.2 Å². The van der Waals surface area contributed by atoms with Crippen LogP contribution in [0.1, 0.15) is 6.92 Å². The Kier molecular flexibility index (Phi) is 4.01. The topological polar surface area (TPSA) is 55.1 Å². The molecule has 0 radical (unpaired) electrons. The van der Waals surface area contributed by atoms with Crippen molar-refractivity contribution in [1.29, 1.82) is 0 Å². The summed E-state index contributed by atoms with van der Waals surface area (Å²) in [7, 11) is 0. The molecule has 5 nitrogen and oxygen atoms in total.